The zero-order chi connectivity index (χ0) is 18.4. The Morgan fingerprint density at radius 3 is 2.07 bits per heavy atom. The fourth-order valence-corrected chi connectivity index (χ4v) is 4.85. The molecule has 4 heteroatoms. The molecule has 0 saturated heterocycles. The van der Waals surface area contributed by atoms with Crippen molar-refractivity contribution in [2.45, 2.75) is 18.3 Å². The van der Waals surface area contributed by atoms with Crippen molar-refractivity contribution in [1.82, 2.24) is 5.32 Å². The van der Waals surface area contributed by atoms with E-state index in [1.165, 1.54) is 34.6 Å². The molecule has 4 nitrogen and oxygen atoms in total. The van der Waals surface area contributed by atoms with Gasteiger partial charge in [0.25, 0.3) is 5.91 Å². The summed E-state index contributed by atoms with van der Waals surface area (Å²) in [6.45, 7) is 0.634. The van der Waals surface area contributed by atoms with Crippen LogP contribution in [0.25, 0.3) is 0 Å². The summed E-state index contributed by atoms with van der Waals surface area (Å²) >= 11 is 0. The lowest BCUT2D eigenvalue weighted by Crippen LogP contribution is -2.39. The molecule has 3 aromatic rings. The first-order chi connectivity index (χ1) is 13.2. The second-order valence-corrected chi connectivity index (χ2v) is 7.44. The molecular formula is C23H20N2O2. The van der Waals surface area contributed by atoms with E-state index in [0.29, 0.717) is 34.6 Å². The lowest BCUT2D eigenvalue weighted by Gasteiger charge is -2.45. The monoisotopic (exact) mass is 356 g/mol. The second kappa shape index (κ2) is 6.23. The standard InChI is InChI=1S/C23H20N2O2/c26-23(15-9-11-25(27)12-10-15)24-14-16-13-21-17-5-1-3-7-19(17)22(16)20-8-4-2-6-18(20)21/h1-12,16,21-22H,13-14H2,(H,24,26)/t16-,21?,22?/m1/s1. The molecule has 6 rings (SSSR count). The largest absolute Gasteiger partial charge is 0.619 e. The molecule has 0 fully saturated rings. The van der Waals surface area contributed by atoms with Crippen molar-refractivity contribution < 1.29 is 9.52 Å². The predicted octanol–water partition coefficient (Wildman–Crippen LogP) is 3.35. The molecule has 1 heterocycles. The van der Waals surface area contributed by atoms with Gasteiger partial charge >= 0.3 is 0 Å². The maximum absolute atomic E-state index is 12.5. The highest BCUT2D eigenvalue weighted by Crippen LogP contribution is 2.55. The van der Waals surface area contributed by atoms with Crippen molar-refractivity contribution in [2.24, 2.45) is 5.92 Å². The molecule has 2 aromatic carbocycles. The van der Waals surface area contributed by atoms with E-state index in [9.17, 15) is 10.0 Å². The van der Waals surface area contributed by atoms with Gasteiger partial charge in [-0.15, -0.1) is 0 Å². The zero-order valence-electron chi connectivity index (χ0n) is 14.8. The fourth-order valence-electron chi connectivity index (χ4n) is 4.85. The number of benzene rings is 2. The first-order valence-electron chi connectivity index (χ1n) is 9.37. The summed E-state index contributed by atoms with van der Waals surface area (Å²) in [5, 5.41) is 14.2. The van der Waals surface area contributed by atoms with Crippen LogP contribution in [0.5, 0.6) is 0 Å². The number of nitrogens with one attached hydrogen (secondary N) is 1. The van der Waals surface area contributed by atoms with Crippen LogP contribution in [-0.4, -0.2) is 12.5 Å². The molecule has 27 heavy (non-hydrogen) atoms. The molecule has 1 amide bonds. The Kier molecular flexibility index (Phi) is 3.71. The number of amides is 1. The minimum Gasteiger partial charge on any atom is -0.619 e. The Labute approximate surface area is 158 Å². The molecule has 2 bridgehead atoms. The highest BCUT2D eigenvalue weighted by molar-refractivity contribution is 5.93. The summed E-state index contributed by atoms with van der Waals surface area (Å²) in [7, 11) is 0. The minimum atomic E-state index is -0.126. The van der Waals surface area contributed by atoms with Crippen molar-refractivity contribution in [2.75, 3.05) is 6.54 Å². The van der Waals surface area contributed by atoms with Crippen molar-refractivity contribution in [3.8, 4) is 0 Å². The van der Waals surface area contributed by atoms with E-state index >= 15 is 0 Å². The van der Waals surface area contributed by atoms with Crippen LogP contribution >= 0.6 is 0 Å². The molecule has 0 spiro atoms. The van der Waals surface area contributed by atoms with Crippen LogP contribution in [0.3, 0.4) is 0 Å². The van der Waals surface area contributed by atoms with Crippen LogP contribution in [0.2, 0.25) is 0 Å². The molecular weight excluding hydrogens is 336 g/mol. The van der Waals surface area contributed by atoms with Gasteiger partial charge < -0.3 is 10.5 Å². The predicted molar refractivity (Wildman–Crippen MR) is 102 cm³/mol. The molecule has 1 atom stereocenters. The van der Waals surface area contributed by atoms with E-state index in [1.807, 2.05) is 0 Å². The van der Waals surface area contributed by atoms with Crippen molar-refractivity contribution >= 4 is 5.91 Å². The number of carbonyl (C=O) groups is 1. The van der Waals surface area contributed by atoms with Gasteiger partial charge in [-0.1, -0.05) is 48.5 Å². The van der Waals surface area contributed by atoms with Gasteiger partial charge in [0.15, 0.2) is 12.4 Å². The Balaban J connectivity index is 1.42. The molecule has 3 aliphatic carbocycles. The third kappa shape index (κ3) is 2.60. The lowest BCUT2D eigenvalue weighted by molar-refractivity contribution is -0.605. The van der Waals surface area contributed by atoms with E-state index in [2.05, 4.69) is 53.8 Å². The van der Waals surface area contributed by atoms with Gasteiger partial charge in [-0.25, -0.2) is 0 Å². The molecule has 1 aromatic heterocycles. The SMILES string of the molecule is O=C(NC[C@H]1CC2c3ccccc3C1c1ccccc12)c1cc[n+]([O-])cc1. The number of aromatic nitrogens is 1. The molecule has 0 aliphatic heterocycles. The molecule has 3 aliphatic rings. The number of hydrogen-bond donors (Lipinski definition) is 1. The molecule has 0 radical (unpaired) electrons. The summed E-state index contributed by atoms with van der Waals surface area (Å²) in [4.78, 5) is 12.5. The summed E-state index contributed by atoms with van der Waals surface area (Å²) in [5.41, 5.74) is 6.19. The maximum Gasteiger partial charge on any atom is 0.251 e. The van der Waals surface area contributed by atoms with Gasteiger partial charge in [0.2, 0.25) is 0 Å². The van der Waals surface area contributed by atoms with Crippen molar-refractivity contribution in [3.05, 3.63) is 106 Å². The second-order valence-electron chi connectivity index (χ2n) is 7.44. The fraction of sp³-hybridized carbons (Fsp3) is 0.217. The average Bonchev–Trinajstić information content (AvgIpc) is 2.72. The van der Waals surface area contributed by atoms with E-state index < -0.39 is 0 Å². The van der Waals surface area contributed by atoms with E-state index in [1.54, 1.807) is 12.1 Å². The van der Waals surface area contributed by atoms with Crippen LogP contribution in [-0.2, 0) is 0 Å². The number of fused-ring (bicyclic) bond motifs is 1. The third-order valence-corrected chi connectivity index (χ3v) is 6.01. The Morgan fingerprint density at radius 1 is 0.926 bits per heavy atom. The Bertz CT molecular complexity index is 965. The van der Waals surface area contributed by atoms with Gasteiger partial charge in [-0.2, -0.15) is 4.73 Å². The van der Waals surface area contributed by atoms with Crippen LogP contribution in [0.15, 0.2) is 73.1 Å². The summed E-state index contributed by atoms with van der Waals surface area (Å²) in [6.07, 6.45) is 3.75. The topological polar surface area (TPSA) is 56.0 Å². The molecule has 0 saturated carbocycles. The van der Waals surface area contributed by atoms with Gasteiger partial charge in [-0.05, 0) is 34.6 Å². The van der Waals surface area contributed by atoms with Crippen LogP contribution in [0, 0.1) is 11.1 Å². The van der Waals surface area contributed by atoms with Crippen molar-refractivity contribution in [3.63, 3.8) is 0 Å². The number of nitrogens with zero attached hydrogens (tertiary/aromatic N) is 1. The quantitative estimate of drug-likeness (QED) is 0.578. The zero-order valence-corrected chi connectivity index (χ0v) is 14.8. The van der Waals surface area contributed by atoms with Gasteiger partial charge in [-0.3, -0.25) is 4.79 Å². The van der Waals surface area contributed by atoms with Gasteiger partial charge in [0, 0.05) is 30.5 Å². The maximum atomic E-state index is 12.5. The summed E-state index contributed by atoms with van der Waals surface area (Å²) in [6, 6.07) is 20.6. The van der Waals surface area contributed by atoms with E-state index in [-0.39, 0.29) is 5.91 Å². The van der Waals surface area contributed by atoms with E-state index in [0.717, 1.165) is 6.42 Å². The van der Waals surface area contributed by atoms with Crippen LogP contribution in [0.4, 0.5) is 0 Å². The Morgan fingerprint density at radius 2 is 1.48 bits per heavy atom. The highest BCUT2D eigenvalue weighted by atomic mass is 16.5. The number of pyridine rings is 1. The Hall–Kier alpha value is -3.14. The molecule has 1 N–H and O–H groups in total. The average molecular weight is 356 g/mol. The smallest absolute Gasteiger partial charge is 0.251 e. The summed E-state index contributed by atoms with van der Waals surface area (Å²) < 4.78 is 0.685. The number of rotatable bonds is 3. The number of hydrogen-bond acceptors (Lipinski definition) is 2. The normalized spacial score (nSPS) is 22.0. The van der Waals surface area contributed by atoms with Crippen LogP contribution < -0.4 is 10.0 Å². The van der Waals surface area contributed by atoms with Gasteiger partial charge in [0.1, 0.15) is 0 Å². The van der Waals surface area contributed by atoms with Gasteiger partial charge in [0.05, 0.1) is 5.56 Å². The minimum absolute atomic E-state index is 0.126. The van der Waals surface area contributed by atoms with Crippen LogP contribution in [0.1, 0.15) is 50.9 Å². The molecule has 134 valence electrons. The first kappa shape index (κ1) is 16.1. The summed E-state index contributed by atoms with van der Waals surface area (Å²) in [5.74, 6) is 0.971. The number of carbonyl (C=O) groups excluding carboxylic acids is 1. The third-order valence-electron chi connectivity index (χ3n) is 6.01. The molecule has 0 unspecified atom stereocenters. The lowest BCUT2D eigenvalue weighted by atomic mass is 9.59. The first-order valence-corrected chi connectivity index (χ1v) is 9.37. The highest BCUT2D eigenvalue weighted by Gasteiger charge is 2.42. The van der Waals surface area contributed by atoms with Crippen molar-refractivity contribution in [1.29, 1.82) is 0 Å². The van der Waals surface area contributed by atoms with E-state index in [4.69, 9.17) is 0 Å².